The maximum atomic E-state index is 3.50. The van der Waals surface area contributed by atoms with Crippen molar-refractivity contribution in [3.05, 3.63) is 57.8 Å². The number of aryl methyl sites for hydroxylation is 1. The molecule has 0 spiro atoms. The molecule has 1 fully saturated rings. The third kappa shape index (κ3) is 3.11. The molecular formula is C17H22N2S. The summed E-state index contributed by atoms with van der Waals surface area (Å²) in [6, 6.07) is 15.9. The molecule has 3 rings (SSSR count). The zero-order valence-corrected chi connectivity index (χ0v) is 12.8. The van der Waals surface area contributed by atoms with Gasteiger partial charge in [0.1, 0.15) is 0 Å². The molecule has 1 aliphatic rings. The molecule has 2 nitrogen and oxygen atoms in total. The van der Waals surface area contributed by atoms with Crippen molar-refractivity contribution in [2.75, 3.05) is 26.2 Å². The molecule has 0 saturated carbocycles. The molecule has 1 aromatic carbocycles. The van der Waals surface area contributed by atoms with Crippen LogP contribution in [0.4, 0.5) is 0 Å². The molecule has 2 aromatic rings. The minimum absolute atomic E-state index is 0.412. The second kappa shape index (κ2) is 6.53. The van der Waals surface area contributed by atoms with E-state index in [1.54, 1.807) is 0 Å². The number of nitrogens with one attached hydrogen (secondary N) is 1. The third-order valence-electron chi connectivity index (χ3n) is 3.89. The van der Waals surface area contributed by atoms with Gasteiger partial charge in [-0.15, -0.1) is 11.3 Å². The second-order valence-electron chi connectivity index (χ2n) is 5.40. The molecule has 1 saturated heterocycles. The summed E-state index contributed by atoms with van der Waals surface area (Å²) in [5.74, 6) is 0. The van der Waals surface area contributed by atoms with Gasteiger partial charge in [-0.2, -0.15) is 0 Å². The SMILES string of the molecule is Cc1ccc(C(c2ccccc2)N2CCCNCC2)s1. The molecule has 1 N–H and O–H groups in total. The van der Waals surface area contributed by atoms with Gasteiger partial charge in [0.15, 0.2) is 0 Å². The van der Waals surface area contributed by atoms with Crippen molar-refractivity contribution >= 4 is 11.3 Å². The van der Waals surface area contributed by atoms with Crippen LogP contribution < -0.4 is 5.32 Å². The Bertz CT molecular complexity index is 527. The Morgan fingerprint density at radius 3 is 2.65 bits per heavy atom. The van der Waals surface area contributed by atoms with Crippen LogP contribution in [0.1, 0.15) is 27.8 Å². The van der Waals surface area contributed by atoms with Crippen molar-refractivity contribution in [2.45, 2.75) is 19.4 Å². The molecule has 2 heterocycles. The highest BCUT2D eigenvalue weighted by atomic mass is 32.1. The van der Waals surface area contributed by atoms with Crippen LogP contribution in [0.5, 0.6) is 0 Å². The van der Waals surface area contributed by atoms with Crippen molar-refractivity contribution in [3.8, 4) is 0 Å². The fraction of sp³-hybridized carbons (Fsp3) is 0.412. The molecule has 1 aliphatic heterocycles. The Labute approximate surface area is 125 Å². The van der Waals surface area contributed by atoms with Gasteiger partial charge in [0, 0.05) is 29.4 Å². The monoisotopic (exact) mass is 286 g/mol. The number of thiophene rings is 1. The average Bonchev–Trinajstić information content (AvgIpc) is 2.74. The quantitative estimate of drug-likeness (QED) is 0.930. The number of rotatable bonds is 3. The predicted octanol–water partition coefficient (Wildman–Crippen LogP) is 3.44. The molecular weight excluding hydrogens is 264 g/mol. The summed E-state index contributed by atoms with van der Waals surface area (Å²) < 4.78 is 0. The molecule has 3 heteroatoms. The van der Waals surface area contributed by atoms with E-state index in [1.807, 2.05) is 11.3 Å². The molecule has 1 unspecified atom stereocenters. The normalized spacial score (nSPS) is 18.6. The molecule has 0 aliphatic carbocycles. The second-order valence-corrected chi connectivity index (χ2v) is 6.72. The molecule has 20 heavy (non-hydrogen) atoms. The van der Waals surface area contributed by atoms with E-state index in [2.05, 4.69) is 59.6 Å². The van der Waals surface area contributed by atoms with Gasteiger partial charge < -0.3 is 5.32 Å². The lowest BCUT2D eigenvalue weighted by Crippen LogP contribution is -2.32. The van der Waals surface area contributed by atoms with Gasteiger partial charge in [-0.05, 0) is 37.6 Å². The predicted molar refractivity (Wildman–Crippen MR) is 86.4 cm³/mol. The maximum absolute atomic E-state index is 3.50. The molecule has 1 aromatic heterocycles. The summed E-state index contributed by atoms with van der Waals surface area (Å²) in [4.78, 5) is 5.49. The van der Waals surface area contributed by atoms with E-state index in [4.69, 9.17) is 0 Å². The van der Waals surface area contributed by atoms with Crippen LogP contribution in [-0.2, 0) is 0 Å². The smallest absolute Gasteiger partial charge is 0.0696 e. The van der Waals surface area contributed by atoms with E-state index < -0.39 is 0 Å². The topological polar surface area (TPSA) is 15.3 Å². The van der Waals surface area contributed by atoms with Crippen molar-refractivity contribution in [1.82, 2.24) is 10.2 Å². The molecule has 0 bridgehead atoms. The third-order valence-corrected chi connectivity index (χ3v) is 4.94. The number of hydrogen-bond donors (Lipinski definition) is 1. The number of benzene rings is 1. The van der Waals surface area contributed by atoms with Gasteiger partial charge in [0.2, 0.25) is 0 Å². The van der Waals surface area contributed by atoms with Gasteiger partial charge in [0.05, 0.1) is 6.04 Å². The van der Waals surface area contributed by atoms with E-state index in [-0.39, 0.29) is 0 Å². The Kier molecular flexibility index (Phi) is 4.51. The van der Waals surface area contributed by atoms with Crippen LogP contribution in [0.15, 0.2) is 42.5 Å². The molecule has 0 amide bonds. The molecule has 106 valence electrons. The number of nitrogens with zero attached hydrogens (tertiary/aromatic N) is 1. The van der Waals surface area contributed by atoms with Gasteiger partial charge in [-0.3, -0.25) is 4.90 Å². The molecule has 0 radical (unpaired) electrons. The lowest BCUT2D eigenvalue weighted by molar-refractivity contribution is 0.244. The Morgan fingerprint density at radius 1 is 1.05 bits per heavy atom. The highest BCUT2D eigenvalue weighted by Crippen LogP contribution is 2.33. The maximum Gasteiger partial charge on any atom is 0.0696 e. The fourth-order valence-electron chi connectivity index (χ4n) is 2.92. The van der Waals surface area contributed by atoms with E-state index in [0.717, 1.165) is 19.6 Å². The average molecular weight is 286 g/mol. The van der Waals surface area contributed by atoms with Crippen LogP contribution in [0, 0.1) is 6.92 Å². The van der Waals surface area contributed by atoms with Gasteiger partial charge in [0.25, 0.3) is 0 Å². The van der Waals surface area contributed by atoms with Gasteiger partial charge in [-0.1, -0.05) is 30.3 Å². The number of hydrogen-bond acceptors (Lipinski definition) is 3. The minimum atomic E-state index is 0.412. The summed E-state index contributed by atoms with van der Waals surface area (Å²) in [6.07, 6.45) is 1.23. The lowest BCUT2D eigenvalue weighted by atomic mass is 10.0. The fourth-order valence-corrected chi connectivity index (χ4v) is 3.96. The van der Waals surface area contributed by atoms with Crippen LogP contribution in [-0.4, -0.2) is 31.1 Å². The summed E-state index contributed by atoms with van der Waals surface area (Å²) in [6.45, 7) is 6.72. The van der Waals surface area contributed by atoms with Gasteiger partial charge in [-0.25, -0.2) is 0 Å². The first-order valence-electron chi connectivity index (χ1n) is 7.40. The first-order valence-corrected chi connectivity index (χ1v) is 8.22. The van der Waals surface area contributed by atoms with Crippen molar-refractivity contribution < 1.29 is 0 Å². The largest absolute Gasteiger partial charge is 0.315 e. The van der Waals surface area contributed by atoms with E-state index in [0.29, 0.717) is 6.04 Å². The van der Waals surface area contributed by atoms with Gasteiger partial charge >= 0.3 is 0 Å². The van der Waals surface area contributed by atoms with E-state index in [1.165, 1.54) is 28.3 Å². The summed E-state index contributed by atoms with van der Waals surface area (Å²) in [5.41, 5.74) is 1.41. The van der Waals surface area contributed by atoms with Crippen LogP contribution in [0.2, 0.25) is 0 Å². The van der Waals surface area contributed by atoms with Crippen LogP contribution in [0.25, 0.3) is 0 Å². The first-order chi connectivity index (χ1) is 9.84. The van der Waals surface area contributed by atoms with Crippen LogP contribution >= 0.6 is 11.3 Å². The molecule has 1 atom stereocenters. The van der Waals surface area contributed by atoms with Crippen molar-refractivity contribution in [1.29, 1.82) is 0 Å². The summed E-state index contributed by atoms with van der Waals surface area (Å²) >= 11 is 1.93. The highest BCUT2D eigenvalue weighted by Gasteiger charge is 2.24. The Morgan fingerprint density at radius 2 is 1.90 bits per heavy atom. The minimum Gasteiger partial charge on any atom is -0.315 e. The zero-order valence-electron chi connectivity index (χ0n) is 12.0. The van der Waals surface area contributed by atoms with E-state index in [9.17, 15) is 0 Å². The Balaban J connectivity index is 1.94. The highest BCUT2D eigenvalue weighted by molar-refractivity contribution is 7.12. The first kappa shape index (κ1) is 13.8. The van der Waals surface area contributed by atoms with Crippen molar-refractivity contribution in [2.24, 2.45) is 0 Å². The van der Waals surface area contributed by atoms with Crippen molar-refractivity contribution in [3.63, 3.8) is 0 Å². The van der Waals surface area contributed by atoms with Crippen LogP contribution in [0.3, 0.4) is 0 Å². The lowest BCUT2D eigenvalue weighted by Gasteiger charge is -2.30. The summed E-state index contributed by atoms with van der Waals surface area (Å²) in [7, 11) is 0. The standard InChI is InChI=1S/C17H22N2S/c1-14-8-9-16(20-14)17(15-6-3-2-4-7-15)19-12-5-10-18-11-13-19/h2-4,6-9,17-18H,5,10-13H2,1H3. The van der Waals surface area contributed by atoms with E-state index >= 15 is 0 Å². The Hall–Kier alpha value is -1.16. The summed E-state index contributed by atoms with van der Waals surface area (Å²) in [5, 5.41) is 3.50. The zero-order chi connectivity index (χ0) is 13.8.